The van der Waals surface area contributed by atoms with Crippen molar-refractivity contribution in [2.75, 3.05) is 5.73 Å². The second-order valence-electron chi connectivity index (χ2n) is 3.53. The normalized spacial score (nSPS) is 11.1. The summed E-state index contributed by atoms with van der Waals surface area (Å²) in [6.45, 7) is 3.83. The number of aryl methyl sites for hydroxylation is 3. The number of fused-ring (bicyclic) bond motifs is 1. The van der Waals surface area contributed by atoms with E-state index in [9.17, 15) is 4.79 Å². The van der Waals surface area contributed by atoms with Crippen molar-refractivity contribution in [1.82, 2.24) is 4.57 Å². The van der Waals surface area contributed by atoms with E-state index in [1.165, 1.54) is 4.57 Å². The molecule has 0 spiro atoms. The molecule has 0 fully saturated rings. The van der Waals surface area contributed by atoms with Crippen molar-refractivity contribution >= 4 is 16.8 Å². The van der Waals surface area contributed by atoms with Crippen LogP contribution in [0, 0.1) is 13.8 Å². The summed E-state index contributed by atoms with van der Waals surface area (Å²) in [4.78, 5) is 11.3. The van der Waals surface area contributed by atoms with Crippen LogP contribution in [-0.2, 0) is 7.05 Å². The lowest BCUT2D eigenvalue weighted by Gasteiger charge is -2.03. The fraction of sp³-hybridized carbons (Fsp3) is 0.300. The van der Waals surface area contributed by atoms with Gasteiger partial charge in [0.1, 0.15) is 0 Å². The van der Waals surface area contributed by atoms with Crippen LogP contribution in [0.15, 0.2) is 15.3 Å². The van der Waals surface area contributed by atoms with E-state index in [0.717, 1.165) is 16.6 Å². The van der Waals surface area contributed by atoms with Gasteiger partial charge in [0.25, 0.3) is 0 Å². The molecule has 0 saturated heterocycles. The van der Waals surface area contributed by atoms with Crippen molar-refractivity contribution in [1.29, 1.82) is 0 Å². The highest BCUT2D eigenvalue weighted by atomic mass is 16.4. The maximum atomic E-state index is 11.3. The van der Waals surface area contributed by atoms with Crippen molar-refractivity contribution in [2.24, 2.45) is 7.05 Å². The SMILES string of the molecule is Cc1cc(C)c2c(oc(=O)n2C)c1N. The second kappa shape index (κ2) is 2.64. The molecule has 0 bridgehead atoms. The Morgan fingerprint density at radius 3 is 2.64 bits per heavy atom. The molecule has 0 radical (unpaired) electrons. The predicted molar refractivity (Wildman–Crippen MR) is 55.3 cm³/mol. The lowest BCUT2D eigenvalue weighted by atomic mass is 10.1. The Morgan fingerprint density at radius 2 is 2.00 bits per heavy atom. The molecule has 0 aliphatic heterocycles. The number of benzene rings is 1. The van der Waals surface area contributed by atoms with Gasteiger partial charge >= 0.3 is 5.76 Å². The van der Waals surface area contributed by atoms with E-state index in [1.807, 2.05) is 19.9 Å². The lowest BCUT2D eigenvalue weighted by molar-refractivity contribution is 0.529. The van der Waals surface area contributed by atoms with Gasteiger partial charge in [-0.3, -0.25) is 4.57 Å². The van der Waals surface area contributed by atoms with Crippen LogP contribution in [0.5, 0.6) is 0 Å². The number of nitrogens with zero attached hydrogens (tertiary/aromatic N) is 1. The Balaban J connectivity index is 3.09. The third kappa shape index (κ3) is 0.968. The van der Waals surface area contributed by atoms with Crippen molar-refractivity contribution < 1.29 is 4.42 Å². The minimum atomic E-state index is -0.375. The average Bonchev–Trinajstić information content (AvgIpc) is 2.40. The quantitative estimate of drug-likeness (QED) is 0.640. The van der Waals surface area contributed by atoms with E-state index >= 15 is 0 Å². The van der Waals surface area contributed by atoms with Gasteiger partial charge in [0, 0.05) is 7.05 Å². The molecule has 0 aliphatic carbocycles. The highest BCUT2D eigenvalue weighted by molar-refractivity contribution is 5.89. The number of anilines is 1. The first-order valence-electron chi connectivity index (χ1n) is 4.37. The number of nitrogens with two attached hydrogens (primary N) is 1. The zero-order valence-electron chi connectivity index (χ0n) is 8.42. The Bertz CT molecular complexity index is 563. The molecule has 1 aromatic carbocycles. The molecule has 0 atom stereocenters. The first-order valence-corrected chi connectivity index (χ1v) is 4.37. The van der Waals surface area contributed by atoms with E-state index < -0.39 is 0 Å². The summed E-state index contributed by atoms with van der Waals surface area (Å²) in [5, 5.41) is 0. The number of rotatable bonds is 0. The van der Waals surface area contributed by atoms with Gasteiger partial charge in [-0.1, -0.05) is 6.07 Å². The van der Waals surface area contributed by atoms with Crippen LogP contribution in [-0.4, -0.2) is 4.57 Å². The molecule has 1 aromatic heterocycles. The molecule has 14 heavy (non-hydrogen) atoms. The van der Waals surface area contributed by atoms with E-state index in [2.05, 4.69) is 0 Å². The molecule has 1 heterocycles. The van der Waals surface area contributed by atoms with Crippen molar-refractivity contribution in [2.45, 2.75) is 13.8 Å². The second-order valence-corrected chi connectivity index (χ2v) is 3.53. The highest BCUT2D eigenvalue weighted by Crippen LogP contribution is 2.26. The van der Waals surface area contributed by atoms with Crippen LogP contribution >= 0.6 is 0 Å². The molecule has 74 valence electrons. The van der Waals surface area contributed by atoms with Crippen molar-refractivity contribution in [3.63, 3.8) is 0 Å². The summed E-state index contributed by atoms with van der Waals surface area (Å²) in [6, 6.07) is 1.95. The van der Waals surface area contributed by atoms with Gasteiger partial charge < -0.3 is 10.2 Å². The Kier molecular flexibility index (Phi) is 1.67. The van der Waals surface area contributed by atoms with Gasteiger partial charge in [-0.05, 0) is 25.0 Å². The Morgan fingerprint density at radius 1 is 1.36 bits per heavy atom. The fourth-order valence-corrected chi connectivity index (χ4v) is 1.72. The minimum Gasteiger partial charge on any atom is -0.405 e. The molecule has 0 aliphatic rings. The third-order valence-corrected chi connectivity index (χ3v) is 2.49. The first kappa shape index (κ1) is 8.87. The standard InChI is InChI=1S/C10H12N2O2/c1-5-4-6(2)8-9(7(5)11)14-10(13)12(8)3/h4H,11H2,1-3H3. The third-order valence-electron chi connectivity index (χ3n) is 2.49. The molecule has 0 amide bonds. The zero-order chi connectivity index (χ0) is 10.5. The van der Waals surface area contributed by atoms with Crippen molar-refractivity contribution in [3.8, 4) is 0 Å². The van der Waals surface area contributed by atoms with E-state index in [1.54, 1.807) is 7.05 Å². The molecule has 2 aromatic rings. The molecule has 4 nitrogen and oxygen atoms in total. The van der Waals surface area contributed by atoms with E-state index in [-0.39, 0.29) is 5.76 Å². The van der Waals surface area contributed by atoms with Crippen molar-refractivity contribution in [3.05, 3.63) is 27.7 Å². The van der Waals surface area contributed by atoms with Gasteiger partial charge in [-0.15, -0.1) is 0 Å². The number of aromatic nitrogens is 1. The molecular formula is C10H12N2O2. The minimum absolute atomic E-state index is 0.375. The predicted octanol–water partition coefficient (Wildman–Crippen LogP) is 1.33. The molecule has 2 rings (SSSR count). The maximum absolute atomic E-state index is 11.3. The van der Waals surface area contributed by atoms with Crippen LogP contribution in [0.2, 0.25) is 0 Å². The topological polar surface area (TPSA) is 61.2 Å². The maximum Gasteiger partial charge on any atom is 0.419 e. The molecule has 0 unspecified atom stereocenters. The monoisotopic (exact) mass is 192 g/mol. The van der Waals surface area contributed by atoms with E-state index in [0.29, 0.717) is 11.3 Å². The number of hydrogen-bond donors (Lipinski definition) is 1. The lowest BCUT2D eigenvalue weighted by Crippen LogP contribution is -2.08. The van der Waals surface area contributed by atoms with Crippen LogP contribution in [0.1, 0.15) is 11.1 Å². The van der Waals surface area contributed by atoms with E-state index in [4.69, 9.17) is 10.2 Å². The van der Waals surface area contributed by atoms with Crippen LogP contribution in [0.3, 0.4) is 0 Å². The summed E-state index contributed by atoms with van der Waals surface area (Å²) in [6.07, 6.45) is 0. The molecule has 2 N–H and O–H groups in total. The molecule has 4 heteroatoms. The summed E-state index contributed by atoms with van der Waals surface area (Å²) in [5.74, 6) is -0.375. The average molecular weight is 192 g/mol. The number of nitrogen functional groups attached to an aromatic ring is 1. The molecular weight excluding hydrogens is 180 g/mol. The number of oxazole rings is 1. The van der Waals surface area contributed by atoms with Gasteiger partial charge in [0.05, 0.1) is 11.2 Å². The summed E-state index contributed by atoms with van der Waals surface area (Å²) in [5.41, 5.74) is 9.57. The molecule has 0 saturated carbocycles. The smallest absolute Gasteiger partial charge is 0.405 e. The Hall–Kier alpha value is -1.71. The van der Waals surface area contributed by atoms with Gasteiger partial charge in [0.2, 0.25) is 0 Å². The summed E-state index contributed by atoms with van der Waals surface area (Å²) >= 11 is 0. The summed E-state index contributed by atoms with van der Waals surface area (Å²) < 4.78 is 6.55. The van der Waals surface area contributed by atoms with Crippen LogP contribution in [0.4, 0.5) is 5.69 Å². The number of hydrogen-bond acceptors (Lipinski definition) is 3. The largest absolute Gasteiger partial charge is 0.419 e. The fourth-order valence-electron chi connectivity index (χ4n) is 1.72. The highest BCUT2D eigenvalue weighted by Gasteiger charge is 2.13. The van der Waals surface area contributed by atoms with Crippen LogP contribution in [0.25, 0.3) is 11.1 Å². The van der Waals surface area contributed by atoms with Gasteiger partial charge in [-0.2, -0.15) is 0 Å². The van der Waals surface area contributed by atoms with Gasteiger partial charge in [-0.25, -0.2) is 4.79 Å². The summed E-state index contributed by atoms with van der Waals surface area (Å²) in [7, 11) is 1.68. The zero-order valence-corrected chi connectivity index (χ0v) is 8.42. The first-order chi connectivity index (χ1) is 6.52. The Labute approximate surface area is 80.9 Å². The van der Waals surface area contributed by atoms with Gasteiger partial charge in [0.15, 0.2) is 5.58 Å². The van der Waals surface area contributed by atoms with Crippen LogP contribution < -0.4 is 11.5 Å².